The SMILES string of the molecule is CCCO[C@H](CC)C[C@H](OC)[C@@H](C)CC[C@@H](OC(=O)C(C)C)[C@H](C)[C@H](OC)[C@H](C)/C=C/I. The van der Waals surface area contributed by atoms with Crippen LogP contribution in [0.5, 0.6) is 0 Å². The van der Waals surface area contributed by atoms with Crippen molar-refractivity contribution in [3.05, 3.63) is 10.2 Å². The van der Waals surface area contributed by atoms with Crippen LogP contribution in [0.4, 0.5) is 0 Å². The maximum absolute atomic E-state index is 12.5. The first-order valence-electron chi connectivity index (χ1n) is 12.3. The summed E-state index contributed by atoms with van der Waals surface area (Å²) in [7, 11) is 3.52. The van der Waals surface area contributed by atoms with Crippen molar-refractivity contribution in [1.29, 1.82) is 0 Å². The van der Waals surface area contributed by atoms with Gasteiger partial charge in [0.2, 0.25) is 0 Å². The molecule has 7 atom stereocenters. The highest BCUT2D eigenvalue weighted by molar-refractivity contribution is 14.1. The first-order valence-corrected chi connectivity index (χ1v) is 13.6. The van der Waals surface area contributed by atoms with Gasteiger partial charge in [0.1, 0.15) is 6.10 Å². The highest BCUT2D eigenvalue weighted by atomic mass is 127. The van der Waals surface area contributed by atoms with Crippen molar-refractivity contribution in [2.45, 2.75) is 105 Å². The van der Waals surface area contributed by atoms with Gasteiger partial charge in [0.15, 0.2) is 0 Å². The molecule has 0 radical (unpaired) electrons. The number of carbonyl (C=O) groups excluding carboxylic acids is 1. The number of hydrogen-bond acceptors (Lipinski definition) is 5. The molecule has 0 saturated carbocycles. The van der Waals surface area contributed by atoms with Gasteiger partial charge in [0, 0.05) is 32.7 Å². The van der Waals surface area contributed by atoms with E-state index < -0.39 is 0 Å². The molecule has 0 N–H and O–H groups in total. The van der Waals surface area contributed by atoms with Crippen LogP contribution in [0.3, 0.4) is 0 Å². The topological polar surface area (TPSA) is 54.0 Å². The fourth-order valence-electron chi connectivity index (χ4n) is 4.13. The standard InChI is InChI=1S/C26H49IO5/c1-10-16-31-22(11-2)17-24(29-8)19(5)12-13-23(32-26(28)18(3)4)21(7)25(30-9)20(6)14-15-27/h14-15,18-25H,10-13,16-17H2,1-9H3/b15-14+/t19-,20+,21-,22+,23+,24-,25+/m0/s1. The van der Waals surface area contributed by atoms with Crippen LogP contribution >= 0.6 is 22.6 Å². The number of hydrogen-bond donors (Lipinski definition) is 0. The van der Waals surface area contributed by atoms with E-state index in [0.717, 1.165) is 38.7 Å². The van der Waals surface area contributed by atoms with Crippen molar-refractivity contribution < 1.29 is 23.7 Å². The molecular weight excluding hydrogens is 519 g/mol. The third-order valence-corrected chi connectivity index (χ3v) is 6.78. The van der Waals surface area contributed by atoms with E-state index in [1.807, 2.05) is 17.9 Å². The average Bonchev–Trinajstić information content (AvgIpc) is 2.76. The Bertz CT molecular complexity index is 510. The molecule has 0 bridgehead atoms. The summed E-state index contributed by atoms with van der Waals surface area (Å²) in [5.74, 6) is 0.345. The summed E-state index contributed by atoms with van der Waals surface area (Å²) in [6, 6.07) is 0. The van der Waals surface area contributed by atoms with Crippen LogP contribution in [-0.2, 0) is 23.7 Å². The van der Waals surface area contributed by atoms with Gasteiger partial charge in [-0.15, -0.1) is 0 Å². The highest BCUT2D eigenvalue weighted by Gasteiger charge is 2.33. The van der Waals surface area contributed by atoms with Gasteiger partial charge in [-0.1, -0.05) is 77.1 Å². The minimum atomic E-state index is -0.196. The second-order valence-corrected chi connectivity index (χ2v) is 10.1. The van der Waals surface area contributed by atoms with Crippen LogP contribution in [0.25, 0.3) is 0 Å². The summed E-state index contributed by atoms with van der Waals surface area (Å²) in [6.45, 7) is 15.3. The molecule has 0 rings (SSSR count). The minimum absolute atomic E-state index is 0.0218. The lowest BCUT2D eigenvalue weighted by Gasteiger charge is -2.34. The fourth-order valence-corrected chi connectivity index (χ4v) is 4.78. The lowest BCUT2D eigenvalue weighted by molar-refractivity contribution is -0.159. The normalized spacial score (nSPS) is 18.8. The zero-order valence-corrected chi connectivity index (χ0v) is 24.1. The van der Waals surface area contributed by atoms with Crippen molar-refractivity contribution in [3.63, 3.8) is 0 Å². The van der Waals surface area contributed by atoms with E-state index in [1.165, 1.54) is 0 Å². The Labute approximate surface area is 211 Å². The van der Waals surface area contributed by atoms with Crippen molar-refractivity contribution >= 4 is 28.6 Å². The zero-order valence-electron chi connectivity index (χ0n) is 21.9. The molecule has 0 aliphatic carbocycles. The van der Waals surface area contributed by atoms with E-state index in [2.05, 4.69) is 63.3 Å². The quantitative estimate of drug-likeness (QED) is 0.134. The number of halogens is 1. The van der Waals surface area contributed by atoms with E-state index in [1.54, 1.807) is 14.2 Å². The largest absolute Gasteiger partial charge is 0.462 e. The van der Waals surface area contributed by atoms with Gasteiger partial charge in [0.05, 0.1) is 24.2 Å². The molecule has 0 aliphatic heterocycles. The van der Waals surface area contributed by atoms with Gasteiger partial charge >= 0.3 is 5.97 Å². The van der Waals surface area contributed by atoms with Crippen molar-refractivity contribution in [1.82, 2.24) is 0 Å². The molecule has 0 aromatic carbocycles. The summed E-state index contributed by atoms with van der Waals surface area (Å²) < 4.78 is 25.7. The molecule has 0 spiro atoms. The monoisotopic (exact) mass is 568 g/mol. The molecule has 0 heterocycles. The van der Waals surface area contributed by atoms with Gasteiger partial charge in [-0.05, 0) is 42.1 Å². The van der Waals surface area contributed by atoms with Crippen molar-refractivity contribution in [2.24, 2.45) is 23.7 Å². The Morgan fingerprint density at radius 2 is 1.62 bits per heavy atom. The summed E-state index contributed by atoms with van der Waals surface area (Å²) >= 11 is 2.23. The van der Waals surface area contributed by atoms with E-state index in [-0.39, 0.29) is 48.1 Å². The molecule has 0 fully saturated rings. The Morgan fingerprint density at radius 1 is 0.969 bits per heavy atom. The van der Waals surface area contributed by atoms with Gasteiger partial charge < -0.3 is 18.9 Å². The number of esters is 1. The fraction of sp³-hybridized carbons (Fsp3) is 0.885. The van der Waals surface area contributed by atoms with Crippen LogP contribution < -0.4 is 0 Å². The molecule has 0 aromatic rings. The molecule has 0 saturated heterocycles. The van der Waals surface area contributed by atoms with E-state index in [9.17, 15) is 4.79 Å². The van der Waals surface area contributed by atoms with Crippen LogP contribution in [0.1, 0.15) is 80.6 Å². The third kappa shape index (κ3) is 11.8. The predicted molar refractivity (Wildman–Crippen MR) is 141 cm³/mol. The van der Waals surface area contributed by atoms with Crippen LogP contribution in [0, 0.1) is 23.7 Å². The lowest BCUT2D eigenvalue weighted by Crippen LogP contribution is -2.39. The molecule has 6 heteroatoms. The highest BCUT2D eigenvalue weighted by Crippen LogP contribution is 2.29. The molecular formula is C26H49IO5. The van der Waals surface area contributed by atoms with Gasteiger partial charge in [-0.25, -0.2) is 0 Å². The summed E-state index contributed by atoms with van der Waals surface area (Å²) in [5, 5.41) is 0. The minimum Gasteiger partial charge on any atom is -0.462 e. The first-order chi connectivity index (χ1) is 15.2. The summed E-state index contributed by atoms with van der Waals surface area (Å²) in [4.78, 5) is 12.5. The second-order valence-electron chi connectivity index (χ2n) is 9.33. The molecule has 32 heavy (non-hydrogen) atoms. The number of methoxy groups -OCH3 is 2. The Hall–Kier alpha value is -0.180. The van der Waals surface area contributed by atoms with E-state index >= 15 is 0 Å². The molecule has 0 aliphatic rings. The van der Waals surface area contributed by atoms with Crippen LogP contribution in [0.15, 0.2) is 10.2 Å². The summed E-state index contributed by atoms with van der Waals surface area (Å²) in [5.41, 5.74) is 0. The second kappa shape index (κ2) is 18.2. The van der Waals surface area contributed by atoms with Crippen molar-refractivity contribution in [2.75, 3.05) is 20.8 Å². The Morgan fingerprint density at radius 3 is 2.09 bits per heavy atom. The predicted octanol–water partition coefficient (Wildman–Crippen LogP) is 6.82. The number of carbonyl (C=O) groups is 1. The zero-order chi connectivity index (χ0) is 24.7. The lowest BCUT2D eigenvalue weighted by atomic mass is 9.84. The van der Waals surface area contributed by atoms with Crippen molar-refractivity contribution in [3.8, 4) is 0 Å². The molecule has 0 aromatic heterocycles. The molecule has 0 amide bonds. The van der Waals surface area contributed by atoms with Gasteiger partial charge in [-0.3, -0.25) is 4.79 Å². The smallest absolute Gasteiger partial charge is 0.308 e. The maximum Gasteiger partial charge on any atom is 0.308 e. The maximum atomic E-state index is 12.5. The molecule has 0 unspecified atom stereocenters. The Kier molecular flexibility index (Phi) is 18.1. The number of rotatable bonds is 18. The first kappa shape index (κ1) is 31.8. The van der Waals surface area contributed by atoms with Gasteiger partial charge in [-0.2, -0.15) is 0 Å². The average molecular weight is 569 g/mol. The van der Waals surface area contributed by atoms with E-state index in [0.29, 0.717) is 5.92 Å². The Balaban J connectivity index is 5.30. The summed E-state index contributed by atoms with van der Waals surface area (Å²) in [6.07, 6.45) is 6.85. The van der Waals surface area contributed by atoms with Crippen LogP contribution in [-0.4, -0.2) is 51.2 Å². The molecule has 190 valence electrons. The van der Waals surface area contributed by atoms with Gasteiger partial charge in [0.25, 0.3) is 0 Å². The van der Waals surface area contributed by atoms with E-state index in [4.69, 9.17) is 18.9 Å². The third-order valence-electron chi connectivity index (χ3n) is 6.36. The van der Waals surface area contributed by atoms with Crippen LogP contribution in [0.2, 0.25) is 0 Å². The number of ether oxygens (including phenoxy) is 4. The molecule has 5 nitrogen and oxygen atoms in total.